The quantitative estimate of drug-likeness (QED) is 0.556. The number of piperazine rings is 1. The minimum absolute atomic E-state index is 0.0170. The average molecular weight is 538 g/mol. The summed E-state index contributed by atoms with van der Waals surface area (Å²) in [4.78, 5) is 25.0. The van der Waals surface area contributed by atoms with E-state index in [-0.39, 0.29) is 28.5 Å². The lowest BCUT2D eigenvalue weighted by atomic mass is 9.97. The average Bonchev–Trinajstić information content (AvgIpc) is 2.84. The number of rotatable bonds is 4. The number of halogens is 1. The molecule has 2 aliphatic rings. The van der Waals surface area contributed by atoms with Gasteiger partial charge in [0.05, 0.1) is 18.0 Å². The summed E-state index contributed by atoms with van der Waals surface area (Å²) in [6, 6.07) is 8.54. The Labute approximate surface area is 204 Å². The second kappa shape index (κ2) is 9.77. The lowest BCUT2D eigenvalue weighted by Crippen LogP contribution is -2.65. The number of piperidine rings is 1. The third kappa shape index (κ3) is 4.84. The van der Waals surface area contributed by atoms with Gasteiger partial charge in [-0.2, -0.15) is 13.8 Å². The number of sulfonamides is 1. The highest BCUT2D eigenvalue weighted by atomic mass is 79.9. The molecule has 33 heavy (non-hydrogen) atoms. The van der Waals surface area contributed by atoms with Gasteiger partial charge in [-0.1, -0.05) is 29.8 Å². The number of hydrogen-bond acceptors (Lipinski definition) is 5. The molecule has 2 fully saturated rings. The molecule has 2 saturated heterocycles. The Balaban J connectivity index is 1.53. The van der Waals surface area contributed by atoms with Crippen LogP contribution in [0.15, 0.2) is 45.9 Å². The number of carbonyl (C=O) groups is 1. The molecule has 0 saturated carbocycles. The summed E-state index contributed by atoms with van der Waals surface area (Å²) in [5.41, 5.74) is 0. The molecule has 0 bridgehead atoms. The molecule has 4 rings (SSSR count). The summed E-state index contributed by atoms with van der Waals surface area (Å²) >= 11 is 3.34. The SMILES string of the molecule is CCc1nccc([N+]2(C(=O)N3CCN(S(=O)(=O)c4ccc(Br)cc4)CC3)CCC(C)CC2)n1. The molecule has 2 aromatic rings. The van der Waals surface area contributed by atoms with Crippen molar-refractivity contribution in [1.29, 1.82) is 0 Å². The van der Waals surface area contributed by atoms with Crippen LogP contribution in [0.1, 0.15) is 32.5 Å². The highest BCUT2D eigenvalue weighted by Gasteiger charge is 2.47. The van der Waals surface area contributed by atoms with E-state index in [1.165, 1.54) is 4.31 Å². The van der Waals surface area contributed by atoms with Crippen LogP contribution < -0.4 is 4.48 Å². The molecular weight excluding hydrogens is 506 g/mol. The number of likely N-dealkylation sites (tertiary alicyclic amines) is 1. The van der Waals surface area contributed by atoms with Gasteiger partial charge in [-0.05, 0) is 30.2 Å². The van der Waals surface area contributed by atoms with Crippen molar-refractivity contribution in [2.75, 3.05) is 39.3 Å². The van der Waals surface area contributed by atoms with Crippen molar-refractivity contribution in [3.8, 4) is 0 Å². The lowest BCUT2D eigenvalue weighted by molar-refractivity contribution is 0.119. The molecule has 1 aromatic heterocycles. The third-order valence-corrected chi connectivity index (χ3v) is 9.22. The maximum absolute atomic E-state index is 13.9. The van der Waals surface area contributed by atoms with Gasteiger partial charge in [0.2, 0.25) is 15.8 Å². The van der Waals surface area contributed by atoms with Crippen LogP contribution in [0, 0.1) is 5.92 Å². The van der Waals surface area contributed by atoms with Crippen LogP contribution in [0.4, 0.5) is 10.6 Å². The first-order chi connectivity index (χ1) is 15.8. The molecule has 0 radical (unpaired) electrons. The van der Waals surface area contributed by atoms with Crippen molar-refractivity contribution in [2.24, 2.45) is 5.92 Å². The van der Waals surface area contributed by atoms with E-state index in [0.29, 0.717) is 38.5 Å². The Bertz CT molecular complexity index is 1090. The van der Waals surface area contributed by atoms with E-state index in [9.17, 15) is 13.2 Å². The molecule has 0 atom stereocenters. The second-order valence-electron chi connectivity index (χ2n) is 8.91. The zero-order chi connectivity index (χ0) is 23.6. The van der Waals surface area contributed by atoms with Crippen molar-refractivity contribution in [3.63, 3.8) is 0 Å². The topological polar surface area (TPSA) is 83.5 Å². The molecule has 10 heteroatoms. The van der Waals surface area contributed by atoms with Crippen LogP contribution in [0.3, 0.4) is 0 Å². The molecule has 0 spiro atoms. The van der Waals surface area contributed by atoms with Gasteiger partial charge in [0, 0.05) is 62.2 Å². The Morgan fingerprint density at radius 1 is 1.09 bits per heavy atom. The Morgan fingerprint density at radius 3 is 2.33 bits per heavy atom. The molecule has 1 aromatic carbocycles. The van der Waals surface area contributed by atoms with Crippen LogP contribution in [-0.4, -0.2) is 72.9 Å². The molecule has 3 heterocycles. The van der Waals surface area contributed by atoms with Crippen LogP contribution in [0.2, 0.25) is 0 Å². The summed E-state index contributed by atoms with van der Waals surface area (Å²) in [7, 11) is -3.59. The van der Waals surface area contributed by atoms with Gasteiger partial charge < -0.3 is 0 Å². The van der Waals surface area contributed by atoms with Gasteiger partial charge in [-0.3, -0.25) is 4.90 Å². The normalized spacial score (nSPS) is 24.6. The van der Waals surface area contributed by atoms with E-state index in [1.54, 1.807) is 30.5 Å². The molecule has 178 valence electrons. The smallest absolute Gasteiger partial charge is 0.289 e. The number of quaternary nitrogens is 1. The number of benzene rings is 1. The predicted octanol–water partition coefficient (Wildman–Crippen LogP) is 3.67. The van der Waals surface area contributed by atoms with Gasteiger partial charge in [0.25, 0.3) is 0 Å². The second-order valence-corrected chi connectivity index (χ2v) is 11.8. The zero-order valence-corrected chi connectivity index (χ0v) is 21.6. The van der Waals surface area contributed by atoms with E-state index in [2.05, 4.69) is 27.8 Å². The zero-order valence-electron chi connectivity index (χ0n) is 19.2. The number of hydrogen-bond donors (Lipinski definition) is 0. The summed E-state index contributed by atoms with van der Waals surface area (Å²) < 4.78 is 28.6. The summed E-state index contributed by atoms with van der Waals surface area (Å²) in [5, 5.41) is 0. The minimum Gasteiger partial charge on any atom is -0.289 e. The monoisotopic (exact) mass is 536 g/mol. The number of aromatic nitrogens is 2. The largest absolute Gasteiger partial charge is 0.425 e. The number of urea groups is 1. The van der Waals surface area contributed by atoms with Crippen molar-refractivity contribution < 1.29 is 13.2 Å². The molecule has 0 aliphatic carbocycles. The van der Waals surface area contributed by atoms with Crippen molar-refractivity contribution in [3.05, 3.63) is 46.8 Å². The Hall–Kier alpha value is -1.88. The summed E-state index contributed by atoms with van der Waals surface area (Å²) in [6.07, 6.45) is 4.37. The van der Waals surface area contributed by atoms with E-state index < -0.39 is 10.0 Å². The van der Waals surface area contributed by atoms with Gasteiger partial charge in [0.1, 0.15) is 5.82 Å². The molecular formula is C23H31BrN5O3S+. The van der Waals surface area contributed by atoms with Gasteiger partial charge >= 0.3 is 6.03 Å². The first kappa shape index (κ1) is 24.3. The molecule has 2 amide bonds. The fraction of sp³-hybridized carbons (Fsp3) is 0.522. The van der Waals surface area contributed by atoms with Crippen LogP contribution in [0.25, 0.3) is 0 Å². The van der Waals surface area contributed by atoms with Gasteiger partial charge in [-0.15, -0.1) is 0 Å². The maximum atomic E-state index is 13.9. The van der Waals surface area contributed by atoms with E-state index in [0.717, 1.165) is 29.0 Å². The molecule has 0 unspecified atom stereocenters. The highest BCUT2D eigenvalue weighted by molar-refractivity contribution is 9.10. The predicted molar refractivity (Wildman–Crippen MR) is 131 cm³/mol. The standard InChI is InChI=1S/C23H31BrN5O3S/c1-3-21-25-11-8-22(26-21)29(16-9-18(2)10-17-29)23(30)27-12-14-28(15-13-27)33(31,32)20-6-4-19(24)5-7-20/h4-8,11,18H,3,9-10,12-17H2,1-2H3/q+1. The van der Waals surface area contributed by atoms with Crippen molar-refractivity contribution in [2.45, 2.75) is 38.0 Å². The van der Waals surface area contributed by atoms with Crippen LogP contribution in [0.5, 0.6) is 0 Å². The molecule has 2 aliphatic heterocycles. The number of nitrogens with zero attached hydrogens (tertiary/aromatic N) is 5. The van der Waals surface area contributed by atoms with E-state index in [4.69, 9.17) is 4.98 Å². The van der Waals surface area contributed by atoms with Crippen molar-refractivity contribution >= 4 is 37.8 Å². The number of aryl methyl sites for hydroxylation is 1. The molecule has 0 N–H and O–H groups in total. The van der Waals surface area contributed by atoms with Crippen molar-refractivity contribution in [1.82, 2.24) is 23.7 Å². The van der Waals surface area contributed by atoms with Crippen LogP contribution >= 0.6 is 15.9 Å². The van der Waals surface area contributed by atoms with E-state index >= 15 is 0 Å². The fourth-order valence-corrected chi connectivity index (χ4v) is 6.29. The fourth-order valence-electron chi connectivity index (χ4n) is 4.60. The first-order valence-corrected chi connectivity index (χ1v) is 13.7. The lowest BCUT2D eigenvalue weighted by Gasteiger charge is -2.43. The van der Waals surface area contributed by atoms with Gasteiger partial charge in [-0.25, -0.2) is 18.2 Å². The summed E-state index contributed by atoms with van der Waals surface area (Å²) in [6.45, 7) is 6.95. The highest BCUT2D eigenvalue weighted by Crippen LogP contribution is 2.32. The minimum atomic E-state index is -3.59. The first-order valence-electron chi connectivity index (χ1n) is 11.5. The maximum Gasteiger partial charge on any atom is 0.425 e. The van der Waals surface area contributed by atoms with Gasteiger partial charge in [0.15, 0.2) is 0 Å². The molecule has 8 nitrogen and oxygen atoms in total. The number of amides is 2. The van der Waals surface area contributed by atoms with Crippen LogP contribution in [-0.2, 0) is 16.4 Å². The Morgan fingerprint density at radius 2 is 1.73 bits per heavy atom. The number of carbonyl (C=O) groups excluding carboxylic acids is 1. The van der Waals surface area contributed by atoms with E-state index in [1.807, 2.05) is 17.9 Å². The third-order valence-electron chi connectivity index (χ3n) is 6.78. The summed E-state index contributed by atoms with van der Waals surface area (Å²) in [5.74, 6) is 2.06. The Kier molecular flexibility index (Phi) is 7.18.